The van der Waals surface area contributed by atoms with Crippen molar-refractivity contribution in [3.63, 3.8) is 0 Å². The van der Waals surface area contributed by atoms with Crippen LogP contribution in [-0.4, -0.2) is 4.57 Å². The number of rotatable bonds is 4. The fourth-order valence-corrected chi connectivity index (χ4v) is 4.49. The van der Waals surface area contributed by atoms with Gasteiger partial charge in [0.25, 0.3) is 0 Å². The summed E-state index contributed by atoms with van der Waals surface area (Å²) in [6.45, 7) is 0. The van der Waals surface area contributed by atoms with Crippen LogP contribution in [0.15, 0.2) is 127 Å². The van der Waals surface area contributed by atoms with Crippen molar-refractivity contribution < 1.29 is 0 Å². The van der Waals surface area contributed by atoms with Crippen LogP contribution in [0.3, 0.4) is 0 Å². The van der Waals surface area contributed by atoms with Crippen molar-refractivity contribution in [2.24, 2.45) is 0 Å². The van der Waals surface area contributed by atoms with E-state index in [0.717, 1.165) is 17.1 Å². The molecule has 3 heteroatoms. The molecule has 0 atom stereocenters. The number of para-hydroxylation sites is 3. The van der Waals surface area contributed by atoms with Gasteiger partial charge in [-0.05, 0) is 47.5 Å². The number of nitrogens with zero attached hydrogens (tertiary/aromatic N) is 1. The molecule has 5 aromatic carbocycles. The van der Waals surface area contributed by atoms with E-state index in [-0.39, 0.29) is 6.15 Å². The topological polar surface area (TPSA) is 52.0 Å². The van der Waals surface area contributed by atoms with Gasteiger partial charge in [0.1, 0.15) is 0 Å². The Hall–Kier alpha value is -4.34. The van der Waals surface area contributed by atoms with E-state index in [2.05, 4.69) is 131 Å². The van der Waals surface area contributed by atoms with Crippen molar-refractivity contribution in [1.29, 1.82) is 0 Å². The molecule has 3 nitrogen and oxygen atoms in total. The van der Waals surface area contributed by atoms with Crippen LogP contribution in [0.5, 0.6) is 0 Å². The molecule has 4 N–H and O–H groups in total. The molecule has 0 saturated carbocycles. The number of anilines is 2. The Morgan fingerprint density at radius 2 is 1.03 bits per heavy atom. The highest BCUT2D eigenvalue weighted by Gasteiger charge is 2.15. The quantitative estimate of drug-likeness (QED) is 0.297. The molecule has 6 aromatic rings. The minimum Gasteiger partial charge on any atom is -0.354 e. The predicted octanol–water partition coefficient (Wildman–Crippen LogP) is 8.36. The van der Waals surface area contributed by atoms with Crippen LogP contribution in [0.25, 0.3) is 38.6 Å². The Morgan fingerprint density at radius 1 is 0.485 bits per heavy atom. The van der Waals surface area contributed by atoms with Crippen molar-refractivity contribution in [3.05, 3.63) is 127 Å². The fraction of sp³-hybridized carbons (Fsp3) is 0. The third-order valence-corrected chi connectivity index (χ3v) is 5.98. The second-order valence-electron chi connectivity index (χ2n) is 7.96. The van der Waals surface area contributed by atoms with E-state index < -0.39 is 0 Å². The molecule has 0 radical (unpaired) electrons. The second-order valence-corrected chi connectivity index (χ2v) is 7.96. The Balaban J connectivity index is 0.00000228. The summed E-state index contributed by atoms with van der Waals surface area (Å²) in [4.78, 5) is 0. The Bertz CT molecular complexity index is 1480. The maximum Gasteiger partial charge on any atom is 0.0703 e. The summed E-state index contributed by atoms with van der Waals surface area (Å²) in [5.74, 6) is 0. The van der Waals surface area contributed by atoms with Crippen molar-refractivity contribution in [1.82, 2.24) is 10.7 Å². The van der Waals surface area contributed by atoms with Gasteiger partial charge in [-0.25, -0.2) is 0 Å². The molecule has 1 heterocycles. The number of hydrogen-bond donors (Lipinski definition) is 2. The lowest BCUT2D eigenvalue weighted by molar-refractivity contribution is 1.18. The summed E-state index contributed by atoms with van der Waals surface area (Å²) in [6.07, 6.45) is 0. The average Bonchev–Trinajstić information content (AvgIpc) is 3.20. The van der Waals surface area contributed by atoms with Crippen LogP contribution >= 0.6 is 0 Å². The zero-order valence-corrected chi connectivity index (χ0v) is 18.3. The van der Waals surface area contributed by atoms with Crippen LogP contribution in [0, 0.1) is 0 Å². The molecule has 0 spiro atoms. The Labute approximate surface area is 193 Å². The number of nitrogens with one attached hydrogen (secondary N) is 1. The SMILES string of the molecule is N.c1ccc(Nc2ccc(-c3ccccc3)cc2-n2c3ccccc3c3ccccc32)cc1. The van der Waals surface area contributed by atoms with Gasteiger partial charge in [0, 0.05) is 16.5 Å². The van der Waals surface area contributed by atoms with Gasteiger partial charge in [-0.1, -0.05) is 91.0 Å². The normalized spacial score (nSPS) is 10.8. The summed E-state index contributed by atoms with van der Waals surface area (Å²) in [6, 6.07) is 44.9. The number of fused-ring (bicyclic) bond motifs is 3. The minimum atomic E-state index is 0. The lowest BCUT2D eigenvalue weighted by atomic mass is 10.0. The van der Waals surface area contributed by atoms with Crippen LogP contribution in [0.1, 0.15) is 0 Å². The summed E-state index contributed by atoms with van der Waals surface area (Å²) < 4.78 is 2.38. The lowest BCUT2D eigenvalue weighted by Gasteiger charge is -2.17. The first-order valence-corrected chi connectivity index (χ1v) is 10.9. The van der Waals surface area contributed by atoms with Crippen molar-refractivity contribution in [2.45, 2.75) is 0 Å². The smallest absolute Gasteiger partial charge is 0.0703 e. The van der Waals surface area contributed by atoms with E-state index in [4.69, 9.17) is 0 Å². The largest absolute Gasteiger partial charge is 0.354 e. The maximum absolute atomic E-state index is 3.65. The molecule has 0 aliphatic heterocycles. The van der Waals surface area contributed by atoms with E-state index in [1.54, 1.807) is 0 Å². The summed E-state index contributed by atoms with van der Waals surface area (Å²) in [7, 11) is 0. The molecular formula is C30H25N3. The van der Waals surface area contributed by atoms with E-state index in [1.165, 1.54) is 32.9 Å². The molecule has 0 saturated heterocycles. The van der Waals surface area contributed by atoms with E-state index in [1.807, 2.05) is 6.07 Å². The standard InChI is InChI=1S/C30H22N2.H3N/c1-3-11-22(12-4-1)23-19-20-27(31-24-13-5-2-6-14-24)30(21-23)32-28-17-9-7-15-25(28)26-16-8-10-18-29(26)32;/h1-21,31H;1H3. The first-order chi connectivity index (χ1) is 15.9. The first-order valence-electron chi connectivity index (χ1n) is 10.9. The third kappa shape index (κ3) is 3.65. The second kappa shape index (κ2) is 8.65. The van der Waals surface area contributed by atoms with Gasteiger partial charge in [-0.15, -0.1) is 0 Å². The summed E-state index contributed by atoms with van der Waals surface area (Å²) in [5, 5.41) is 6.17. The van der Waals surface area contributed by atoms with Crippen LogP contribution in [0.2, 0.25) is 0 Å². The molecule has 0 amide bonds. The molecule has 33 heavy (non-hydrogen) atoms. The lowest BCUT2D eigenvalue weighted by Crippen LogP contribution is -2.01. The zero-order chi connectivity index (χ0) is 21.3. The van der Waals surface area contributed by atoms with E-state index in [9.17, 15) is 0 Å². The zero-order valence-electron chi connectivity index (χ0n) is 18.3. The summed E-state index contributed by atoms with van der Waals surface area (Å²) >= 11 is 0. The van der Waals surface area contributed by atoms with Gasteiger partial charge >= 0.3 is 0 Å². The molecule has 6 rings (SSSR count). The first kappa shape index (κ1) is 20.6. The predicted molar refractivity (Wildman–Crippen MR) is 141 cm³/mol. The molecule has 0 aliphatic rings. The van der Waals surface area contributed by atoms with Gasteiger partial charge in [0.15, 0.2) is 0 Å². The van der Waals surface area contributed by atoms with Crippen LogP contribution in [0.4, 0.5) is 11.4 Å². The van der Waals surface area contributed by atoms with Crippen molar-refractivity contribution in [3.8, 4) is 16.8 Å². The van der Waals surface area contributed by atoms with Crippen LogP contribution in [-0.2, 0) is 0 Å². The molecule has 0 fully saturated rings. The molecular weight excluding hydrogens is 402 g/mol. The van der Waals surface area contributed by atoms with Gasteiger partial charge in [0.2, 0.25) is 0 Å². The highest BCUT2D eigenvalue weighted by molar-refractivity contribution is 6.09. The highest BCUT2D eigenvalue weighted by atomic mass is 15.0. The maximum atomic E-state index is 3.65. The number of benzene rings is 5. The van der Waals surface area contributed by atoms with Crippen LogP contribution < -0.4 is 11.5 Å². The summed E-state index contributed by atoms with van der Waals surface area (Å²) in [5.41, 5.74) is 8.09. The van der Waals surface area contributed by atoms with Gasteiger partial charge in [-0.2, -0.15) is 0 Å². The number of aromatic nitrogens is 1. The third-order valence-electron chi connectivity index (χ3n) is 5.98. The molecule has 0 unspecified atom stereocenters. The molecule has 0 bridgehead atoms. The Kier molecular flexibility index (Phi) is 5.39. The minimum absolute atomic E-state index is 0. The van der Waals surface area contributed by atoms with Crippen molar-refractivity contribution >= 4 is 33.2 Å². The monoisotopic (exact) mass is 427 g/mol. The van der Waals surface area contributed by atoms with Gasteiger partial charge in [-0.3, -0.25) is 0 Å². The highest BCUT2D eigenvalue weighted by Crippen LogP contribution is 2.37. The average molecular weight is 428 g/mol. The Morgan fingerprint density at radius 3 is 1.67 bits per heavy atom. The molecule has 0 aliphatic carbocycles. The number of hydrogen-bond acceptors (Lipinski definition) is 2. The molecule has 1 aromatic heterocycles. The van der Waals surface area contributed by atoms with E-state index in [0.29, 0.717) is 0 Å². The fourth-order valence-electron chi connectivity index (χ4n) is 4.49. The van der Waals surface area contributed by atoms with E-state index >= 15 is 0 Å². The van der Waals surface area contributed by atoms with Gasteiger partial charge < -0.3 is 16.0 Å². The van der Waals surface area contributed by atoms with Gasteiger partial charge in [0.05, 0.1) is 22.4 Å². The molecule has 160 valence electrons. The van der Waals surface area contributed by atoms with Crippen molar-refractivity contribution in [2.75, 3.05) is 5.32 Å².